The van der Waals surface area contributed by atoms with E-state index in [1.807, 2.05) is 18.7 Å². The monoisotopic (exact) mass is 252 g/mol. The van der Waals surface area contributed by atoms with Crippen molar-refractivity contribution in [3.05, 3.63) is 0 Å². The summed E-state index contributed by atoms with van der Waals surface area (Å²) in [6.07, 6.45) is -2.52. The minimum Gasteiger partial charge on any atom is -0.313 e. The number of alkyl halides is 3. The Kier molecular flexibility index (Phi) is 5.73. The second kappa shape index (κ2) is 6.59. The molecule has 1 aliphatic heterocycles. The van der Waals surface area contributed by atoms with Crippen molar-refractivity contribution in [2.75, 3.05) is 26.2 Å². The molecule has 0 aromatic rings. The molecule has 0 bridgehead atoms. The van der Waals surface area contributed by atoms with Gasteiger partial charge in [0, 0.05) is 25.7 Å². The SMILES string of the molecule is CC(C)CN(CCC(F)(F)F)CC1CCCN1. The lowest BCUT2D eigenvalue weighted by molar-refractivity contribution is -0.138. The van der Waals surface area contributed by atoms with Gasteiger partial charge in [-0.3, -0.25) is 0 Å². The second-order valence-corrected chi connectivity index (χ2v) is 5.31. The van der Waals surface area contributed by atoms with Gasteiger partial charge in [-0.1, -0.05) is 13.8 Å². The van der Waals surface area contributed by atoms with E-state index < -0.39 is 12.6 Å². The predicted octanol–water partition coefficient (Wildman–Crippen LogP) is 2.65. The molecule has 102 valence electrons. The van der Waals surface area contributed by atoms with Gasteiger partial charge in [0.15, 0.2) is 0 Å². The summed E-state index contributed by atoms with van der Waals surface area (Å²) in [5.41, 5.74) is 0. The molecule has 1 atom stereocenters. The van der Waals surface area contributed by atoms with Gasteiger partial charge in [-0.05, 0) is 25.3 Å². The average molecular weight is 252 g/mol. The second-order valence-electron chi connectivity index (χ2n) is 5.31. The molecular weight excluding hydrogens is 229 g/mol. The van der Waals surface area contributed by atoms with Crippen LogP contribution in [0.5, 0.6) is 0 Å². The zero-order chi connectivity index (χ0) is 12.9. The van der Waals surface area contributed by atoms with Gasteiger partial charge in [0.1, 0.15) is 0 Å². The van der Waals surface area contributed by atoms with Crippen molar-refractivity contribution in [2.45, 2.75) is 45.3 Å². The van der Waals surface area contributed by atoms with Crippen molar-refractivity contribution < 1.29 is 13.2 Å². The van der Waals surface area contributed by atoms with Crippen molar-refractivity contribution in [1.82, 2.24) is 10.2 Å². The minimum atomic E-state index is -4.04. The van der Waals surface area contributed by atoms with Gasteiger partial charge < -0.3 is 10.2 Å². The van der Waals surface area contributed by atoms with Crippen LogP contribution >= 0.6 is 0 Å². The Bertz CT molecular complexity index is 210. The van der Waals surface area contributed by atoms with Crippen LogP contribution in [0.3, 0.4) is 0 Å². The molecule has 1 unspecified atom stereocenters. The van der Waals surface area contributed by atoms with E-state index in [2.05, 4.69) is 5.32 Å². The number of nitrogens with zero attached hydrogens (tertiary/aromatic N) is 1. The van der Waals surface area contributed by atoms with Crippen LogP contribution in [0.1, 0.15) is 33.1 Å². The van der Waals surface area contributed by atoms with E-state index in [0.717, 1.165) is 32.5 Å². The lowest BCUT2D eigenvalue weighted by Crippen LogP contribution is -2.40. The van der Waals surface area contributed by atoms with Crippen molar-refractivity contribution in [2.24, 2.45) is 5.92 Å². The third-order valence-corrected chi connectivity index (χ3v) is 2.98. The lowest BCUT2D eigenvalue weighted by atomic mass is 10.1. The Morgan fingerprint density at radius 3 is 2.53 bits per heavy atom. The molecule has 0 amide bonds. The molecule has 0 spiro atoms. The summed E-state index contributed by atoms with van der Waals surface area (Å²) in [7, 11) is 0. The van der Waals surface area contributed by atoms with E-state index in [-0.39, 0.29) is 6.54 Å². The third kappa shape index (κ3) is 6.88. The van der Waals surface area contributed by atoms with Crippen molar-refractivity contribution in [3.63, 3.8) is 0 Å². The maximum absolute atomic E-state index is 12.2. The van der Waals surface area contributed by atoms with Crippen LogP contribution in [0, 0.1) is 5.92 Å². The topological polar surface area (TPSA) is 15.3 Å². The highest BCUT2D eigenvalue weighted by atomic mass is 19.4. The summed E-state index contributed by atoms with van der Waals surface area (Å²) in [5, 5.41) is 3.33. The molecule has 0 aromatic heterocycles. The molecule has 1 N–H and O–H groups in total. The number of nitrogens with one attached hydrogen (secondary N) is 1. The first kappa shape index (κ1) is 14.8. The van der Waals surface area contributed by atoms with Gasteiger partial charge >= 0.3 is 6.18 Å². The number of halogens is 3. The Labute approximate surface area is 102 Å². The molecule has 17 heavy (non-hydrogen) atoms. The van der Waals surface area contributed by atoms with Crippen LogP contribution in [0.15, 0.2) is 0 Å². The predicted molar refractivity (Wildman–Crippen MR) is 63.0 cm³/mol. The summed E-state index contributed by atoms with van der Waals surface area (Å²) in [6.45, 7) is 6.70. The van der Waals surface area contributed by atoms with Gasteiger partial charge in [-0.2, -0.15) is 13.2 Å². The largest absolute Gasteiger partial charge is 0.390 e. The molecule has 1 aliphatic rings. The molecule has 1 rings (SSSR count). The van der Waals surface area contributed by atoms with Crippen LogP contribution in [0.2, 0.25) is 0 Å². The summed E-state index contributed by atoms with van der Waals surface area (Å²) < 4.78 is 36.7. The van der Waals surface area contributed by atoms with Crippen LogP contribution < -0.4 is 5.32 Å². The fraction of sp³-hybridized carbons (Fsp3) is 1.00. The number of hydrogen-bond acceptors (Lipinski definition) is 2. The fourth-order valence-electron chi connectivity index (χ4n) is 2.28. The van der Waals surface area contributed by atoms with Crippen LogP contribution in [-0.4, -0.2) is 43.3 Å². The number of rotatable bonds is 6. The van der Waals surface area contributed by atoms with Crippen LogP contribution in [-0.2, 0) is 0 Å². The standard InChI is InChI=1S/C12H23F3N2/c1-10(2)8-17(7-5-12(13,14)15)9-11-4-3-6-16-11/h10-11,16H,3-9H2,1-2H3. The Balaban J connectivity index is 2.36. The van der Waals surface area contributed by atoms with Crippen molar-refractivity contribution in [3.8, 4) is 0 Å². The zero-order valence-electron chi connectivity index (χ0n) is 10.7. The van der Waals surface area contributed by atoms with Gasteiger partial charge in [0.2, 0.25) is 0 Å². The van der Waals surface area contributed by atoms with E-state index in [9.17, 15) is 13.2 Å². The van der Waals surface area contributed by atoms with E-state index in [1.54, 1.807) is 0 Å². The summed E-state index contributed by atoms with van der Waals surface area (Å²) in [4.78, 5) is 1.95. The lowest BCUT2D eigenvalue weighted by Gasteiger charge is -2.27. The van der Waals surface area contributed by atoms with Crippen molar-refractivity contribution >= 4 is 0 Å². The highest BCUT2D eigenvalue weighted by Gasteiger charge is 2.28. The van der Waals surface area contributed by atoms with Crippen molar-refractivity contribution in [1.29, 1.82) is 0 Å². The molecule has 0 radical (unpaired) electrons. The molecule has 1 saturated heterocycles. The highest BCUT2D eigenvalue weighted by molar-refractivity contribution is 4.78. The van der Waals surface area contributed by atoms with Gasteiger partial charge in [-0.25, -0.2) is 0 Å². The number of hydrogen-bond donors (Lipinski definition) is 1. The molecule has 0 saturated carbocycles. The first-order valence-corrected chi connectivity index (χ1v) is 6.39. The van der Waals surface area contributed by atoms with E-state index in [1.165, 1.54) is 0 Å². The molecule has 1 fully saturated rings. The molecule has 5 heteroatoms. The van der Waals surface area contributed by atoms with E-state index in [4.69, 9.17) is 0 Å². The van der Waals surface area contributed by atoms with Gasteiger partial charge in [0.05, 0.1) is 6.42 Å². The quantitative estimate of drug-likeness (QED) is 0.782. The van der Waals surface area contributed by atoms with Gasteiger partial charge in [0.25, 0.3) is 0 Å². The maximum Gasteiger partial charge on any atom is 0.390 e. The smallest absolute Gasteiger partial charge is 0.313 e. The van der Waals surface area contributed by atoms with Crippen LogP contribution in [0.25, 0.3) is 0 Å². The van der Waals surface area contributed by atoms with Gasteiger partial charge in [-0.15, -0.1) is 0 Å². The molecule has 0 aromatic carbocycles. The Morgan fingerprint density at radius 1 is 1.35 bits per heavy atom. The normalized spacial score (nSPS) is 21.7. The summed E-state index contributed by atoms with van der Waals surface area (Å²) >= 11 is 0. The molecule has 2 nitrogen and oxygen atoms in total. The first-order chi connectivity index (χ1) is 7.87. The Hall–Kier alpha value is -0.290. The zero-order valence-corrected chi connectivity index (χ0v) is 10.7. The molecule has 1 heterocycles. The summed E-state index contributed by atoms with van der Waals surface area (Å²) in [6, 6.07) is 0.377. The summed E-state index contributed by atoms with van der Waals surface area (Å²) in [5.74, 6) is 0.407. The van der Waals surface area contributed by atoms with E-state index in [0.29, 0.717) is 12.0 Å². The maximum atomic E-state index is 12.2. The molecular formula is C12H23F3N2. The van der Waals surface area contributed by atoms with Crippen LogP contribution in [0.4, 0.5) is 13.2 Å². The highest BCUT2D eigenvalue weighted by Crippen LogP contribution is 2.20. The fourth-order valence-corrected chi connectivity index (χ4v) is 2.28. The first-order valence-electron chi connectivity index (χ1n) is 6.39. The minimum absolute atomic E-state index is 0.125. The Morgan fingerprint density at radius 2 is 2.06 bits per heavy atom. The van der Waals surface area contributed by atoms with E-state index >= 15 is 0 Å². The average Bonchev–Trinajstić information content (AvgIpc) is 2.65. The molecule has 0 aliphatic carbocycles. The third-order valence-electron chi connectivity index (χ3n) is 2.98.